The molecule has 2 rings (SSSR count). The molecule has 1 N–H and O–H groups in total. The van der Waals surface area contributed by atoms with Crippen molar-refractivity contribution in [3.05, 3.63) is 34.9 Å². The van der Waals surface area contributed by atoms with Crippen LogP contribution in [0.1, 0.15) is 13.3 Å². The van der Waals surface area contributed by atoms with Crippen molar-refractivity contribution in [1.29, 1.82) is 0 Å². The van der Waals surface area contributed by atoms with E-state index >= 15 is 0 Å². The highest BCUT2D eigenvalue weighted by atomic mass is 79.9. The van der Waals surface area contributed by atoms with Crippen molar-refractivity contribution in [1.82, 2.24) is 4.57 Å². The lowest BCUT2D eigenvalue weighted by molar-refractivity contribution is -0.145. The second kappa shape index (κ2) is 6.21. The lowest BCUT2D eigenvalue weighted by atomic mass is 10.2. The number of halogens is 1. The van der Waals surface area contributed by atoms with Gasteiger partial charge in [0.05, 0.1) is 19.1 Å². The zero-order valence-electron chi connectivity index (χ0n) is 10.7. The van der Waals surface area contributed by atoms with Crippen molar-refractivity contribution < 1.29 is 14.6 Å². The first-order chi connectivity index (χ1) is 9.11. The van der Waals surface area contributed by atoms with E-state index in [-0.39, 0.29) is 12.4 Å². The molecule has 2 aromatic rings. The third kappa shape index (κ3) is 3.36. The van der Waals surface area contributed by atoms with Crippen LogP contribution in [0.4, 0.5) is 0 Å². The lowest BCUT2D eigenvalue weighted by Crippen LogP contribution is -2.20. The van der Waals surface area contributed by atoms with Gasteiger partial charge in [-0.2, -0.15) is 0 Å². The Labute approximate surface area is 120 Å². The van der Waals surface area contributed by atoms with E-state index in [9.17, 15) is 9.90 Å². The number of rotatable bonds is 5. The number of fused-ring (bicyclic) bond motifs is 1. The summed E-state index contributed by atoms with van der Waals surface area (Å²) < 4.78 is 7.77. The van der Waals surface area contributed by atoms with Crippen LogP contribution in [-0.2, 0) is 16.1 Å². The molecule has 0 saturated carbocycles. The number of aromatic nitrogens is 1. The lowest BCUT2D eigenvalue weighted by Gasteiger charge is -2.12. The van der Waals surface area contributed by atoms with Gasteiger partial charge < -0.3 is 14.4 Å². The van der Waals surface area contributed by atoms with Gasteiger partial charge in [0, 0.05) is 28.1 Å². The zero-order valence-corrected chi connectivity index (χ0v) is 12.3. The van der Waals surface area contributed by atoms with Crippen molar-refractivity contribution >= 4 is 32.8 Å². The molecule has 0 amide bonds. The van der Waals surface area contributed by atoms with E-state index in [0.717, 1.165) is 15.4 Å². The molecule has 1 unspecified atom stereocenters. The SMILES string of the molecule is CCOC(=O)CC(O)Cn1ccc2c(Br)cccc21. The van der Waals surface area contributed by atoms with Crippen LogP contribution >= 0.6 is 15.9 Å². The minimum Gasteiger partial charge on any atom is -0.466 e. The Balaban J connectivity index is 2.09. The maximum atomic E-state index is 11.3. The summed E-state index contributed by atoms with van der Waals surface area (Å²) in [6, 6.07) is 7.88. The zero-order chi connectivity index (χ0) is 13.8. The van der Waals surface area contributed by atoms with E-state index in [1.165, 1.54) is 0 Å². The minimum atomic E-state index is -0.742. The van der Waals surface area contributed by atoms with Crippen LogP contribution in [0.3, 0.4) is 0 Å². The van der Waals surface area contributed by atoms with Gasteiger partial charge in [0.1, 0.15) is 0 Å². The number of nitrogens with zero attached hydrogens (tertiary/aromatic N) is 1. The van der Waals surface area contributed by atoms with Crippen molar-refractivity contribution in [3.8, 4) is 0 Å². The summed E-state index contributed by atoms with van der Waals surface area (Å²) in [7, 11) is 0. The van der Waals surface area contributed by atoms with Crippen LogP contribution in [0.25, 0.3) is 10.9 Å². The maximum Gasteiger partial charge on any atom is 0.308 e. The molecule has 5 heteroatoms. The number of hydrogen-bond donors (Lipinski definition) is 1. The number of hydrogen-bond acceptors (Lipinski definition) is 3. The Kier molecular flexibility index (Phi) is 4.61. The quantitative estimate of drug-likeness (QED) is 0.860. The fourth-order valence-electron chi connectivity index (χ4n) is 2.05. The van der Waals surface area contributed by atoms with Gasteiger partial charge in [-0.25, -0.2) is 0 Å². The van der Waals surface area contributed by atoms with Crippen LogP contribution in [-0.4, -0.2) is 28.4 Å². The standard InChI is InChI=1S/C14H16BrNO3/c1-2-19-14(18)8-10(17)9-16-7-6-11-12(15)4-3-5-13(11)16/h3-7,10,17H,2,8-9H2,1H3. The monoisotopic (exact) mass is 325 g/mol. The summed E-state index contributed by atoms with van der Waals surface area (Å²) in [6.07, 6.45) is 1.18. The van der Waals surface area contributed by atoms with Gasteiger partial charge >= 0.3 is 5.97 Å². The van der Waals surface area contributed by atoms with E-state index < -0.39 is 6.10 Å². The molecular weight excluding hydrogens is 310 g/mol. The fourth-order valence-corrected chi connectivity index (χ4v) is 2.54. The highest BCUT2D eigenvalue weighted by molar-refractivity contribution is 9.10. The summed E-state index contributed by atoms with van der Waals surface area (Å²) in [5.41, 5.74) is 1.03. The van der Waals surface area contributed by atoms with E-state index in [0.29, 0.717) is 13.2 Å². The molecule has 0 spiro atoms. The molecular formula is C14H16BrNO3. The highest BCUT2D eigenvalue weighted by Crippen LogP contribution is 2.24. The van der Waals surface area contributed by atoms with Crippen molar-refractivity contribution in [2.45, 2.75) is 26.0 Å². The largest absolute Gasteiger partial charge is 0.466 e. The highest BCUT2D eigenvalue weighted by Gasteiger charge is 2.13. The Morgan fingerprint density at radius 1 is 1.47 bits per heavy atom. The average Bonchev–Trinajstić information content (AvgIpc) is 2.74. The number of carbonyl (C=O) groups excluding carboxylic acids is 1. The molecule has 0 aliphatic rings. The molecule has 1 aromatic carbocycles. The Morgan fingerprint density at radius 3 is 3.00 bits per heavy atom. The molecule has 0 bridgehead atoms. The molecule has 19 heavy (non-hydrogen) atoms. The average molecular weight is 326 g/mol. The molecule has 1 heterocycles. The molecule has 1 atom stereocenters. The first-order valence-electron chi connectivity index (χ1n) is 6.19. The Morgan fingerprint density at radius 2 is 2.26 bits per heavy atom. The third-order valence-electron chi connectivity index (χ3n) is 2.88. The van der Waals surface area contributed by atoms with Gasteiger partial charge in [-0.15, -0.1) is 0 Å². The van der Waals surface area contributed by atoms with Gasteiger partial charge in [-0.1, -0.05) is 22.0 Å². The van der Waals surface area contributed by atoms with Crippen molar-refractivity contribution in [3.63, 3.8) is 0 Å². The first kappa shape index (κ1) is 14.1. The molecule has 102 valence electrons. The number of esters is 1. The Bertz CT molecular complexity index is 579. The second-order valence-electron chi connectivity index (χ2n) is 4.30. The topological polar surface area (TPSA) is 51.5 Å². The first-order valence-corrected chi connectivity index (χ1v) is 6.98. The van der Waals surface area contributed by atoms with Gasteiger partial charge in [0.15, 0.2) is 0 Å². The van der Waals surface area contributed by atoms with E-state index in [4.69, 9.17) is 4.74 Å². The van der Waals surface area contributed by atoms with Crippen LogP contribution in [0.15, 0.2) is 34.9 Å². The molecule has 0 fully saturated rings. The molecule has 0 radical (unpaired) electrons. The minimum absolute atomic E-state index is 0.0154. The molecule has 0 aliphatic heterocycles. The van der Waals surface area contributed by atoms with Gasteiger partial charge in [-0.05, 0) is 25.1 Å². The number of aliphatic hydroxyl groups excluding tert-OH is 1. The molecule has 0 aliphatic carbocycles. The molecule has 0 saturated heterocycles. The molecule has 4 nitrogen and oxygen atoms in total. The van der Waals surface area contributed by atoms with Crippen molar-refractivity contribution in [2.24, 2.45) is 0 Å². The normalized spacial score (nSPS) is 12.6. The Hall–Kier alpha value is -1.33. The van der Waals surface area contributed by atoms with Crippen LogP contribution in [0.2, 0.25) is 0 Å². The predicted octanol–water partition coefficient (Wildman–Crippen LogP) is 2.72. The number of carbonyl (C=O) groups is 1. The fraction of sp³-hybridized carbons (Fsp3) is 0.357. The van der Waals surface area contributed by atoms with Crippen molar-refractivity contribution in [2.75, 3.05) is 6.61 Å². The third-order valence-corrected chi connectivity index (χ3v) is 3.57. The van der Waals surface area contributed by atoms with Crippen LogP contribution in [0, 0.1) is 0 Å². The summed E-state index contributed by atoms with van der Waals surface area (Å²) in [5, 5.41) is 11.0. The summed E-state index contributed by atoms with van der Waals surface area (Å²) >= 11 is 3.49. The summed E-state index contributed by atoms with van der Waals surface area (Å²) in [4.78, 5) is 11.3. The summed E-state index contributed by atoms with van der Waals surface area (Å²) in [5.74, 6) is -0.368. The second-order valence-corrected chi connectivity index (χ2v) is 5.16. The van der Waals surface area contributed by atoms with Crippen LogP contribution in [0.5, 0.6) is 0 Å². The number of aliphatic hydroxyl groups is 1. The smallest absolute Gasteiger partial charge is 0.308 e. The van der Waals surface area contributed by atoms with Gasteiger partial charge in [0.2, 0.25) is 0 Å². The van der Waals surface area contributed by atoms with Gasteiger partial charge in [0.25, 0.3) is 0 Å². The predicted molar refractivity (Wildman–Crippen MR) is 76.9 cm³/mol. The van der Waals surface area contributed by atoms with E-state index in [2.05, 4.69) is 15.9 Å². The maximum absolute atomic E-state index is 11.3. The van der Waals surface area contributed by atoms with Crippen LogP contribution < -0.4 is 0 Å². The number of ether oxygens (including phenoxy) is 1. The summed E-state index contributed by atoms with van der Waals surface area (Å²) in [6.45, 7) is 2.46. The van der Waals surface area contributed by atoms with E-state index in [1.807, 2.05) is 35.0 Å². The van der Waals surface area contributed by atoms with Gasteiger partial charge in [-0.3, -0.25) is 4.79 Å². The molecule has 1 aromatic heterocycles. The number of benzene rings is 1. The van der Waals surface area contributed by atoms with E-state index in [1.54, 1.807) is 6.92 Å².